The molecule has 0 aromatic heterocycles. The molecule has 2 aromatic rings. The van der Waals surface area contributed by atoms with E-state index in [0.29, 0.717) is 24.2 Å². The fraction of sp³-hybridized carbons (Fsp3) is 0.480. The lowest BCUT2D eigenvalue weighted by atomic mass is 9.83. The van der Waals surface area contributed by atoms with E-state index < -0.39 is 41.0 Å². The number of carbonyl (C=O) groups is 1. The number of hydrogen-bond donors (Lipinski definition) is 1. The van der Waals surface area contributed by atoms with Gasteiger partial charge in [-0.1, -0.05) is 25.1 Å². The standard InChI is InChI=1S/C25H30N2O8/c1-5-12-34-23(29)19-13-15-8-6-7-9-18(15)26(19)21-17-14-16(27(30)31)10-11-20(17)35-25(2,22(21)28)24(32-3)33-4/h6-11,14,19,21-22,24,28H,5,12-13H2,1-4H3/t19-,21-,22+,25-/m1/s1. The molecule has 0 saturated carbocycles. The number of methoxy groups -OCH3 is 2. The van der Waals surface area contributed by atoms with Gasteiger partial charge in [-0.25, -0.2) is 4.79 Å². The highest BCUT2D eigenvalue weighted by atomic mass is 16.7. The molecular weight excluding hydrogens is 456 g/mol. The minimum atomic E-state index is -1.40. The Morgan fingerprint density at radius 2 is 2.00 bits per heavy atom. The summed E-state index contributed by atoms with van der Waals surface area (Å²) in [6, 6.07) is 10.1. The third kappa shape index (κ3) is 4.22. The summed E-state index contributed by atoms with van der Waals surface area (Å²) in [6.45, 7) is 3.83. The molecule has 2 aliphatic rings. The number of nitro groups is 1. The van der Waals surface area contributed by atoms with Crippen LogP contribution < -0.4 is 9.64 Å². The van der Waals surface area contributed by atoms with E-state index >= 15 is 0 Å². The van der Waals surface area contributed by atoms with Crippen molar-refractivity contribution in [2.75, 3.05) is 25.7 Å². The second-order valence-electron chi connectivity index (χ2n) is 8.88. The van der Waals surface area contributed by atoms with Gasteiger partial charge in [-0.3, -0.25) is 10.1 Å². The maximum absolute atomic E-state index is 13.2. The van der Waals surface area contributed by atoms with Gasteiger partial charge >= 0.3 is 5.97 Å². The van der Waals surface area contributed by atoms with Crippen LogP contribution in [0.2, 0.25) is 0 Å². The van der Waals surface area contributed by atoms with Crippen LogP contribution in [0, 0.1) is 10.1 Å². The maximum atomic E-state index is 13.2. The Balaban J connectivity index is 1.91. The number of anilines is 1. The average molecular weight is 487 g/mol. The topological polar surface area (TPSA) is 121 Å². The van der Waals surface area contributed by atoms with Crippen LogP contribution in [0.25, 0.3) is 0 Å². The highest BCUT2D eigenvalue weighted by Crippen LogP contribution is 2.50. The van der Waals surface area contributed by atoms with Crippen molar-refractivity contribution < 1.29 is 33.8 Å². The number of para-hydroxylation sites is 1. The van der Waals surface area contributed by atoms with Crippen LogP contribution in [0.15, 0.2) is 42.5 Å². The van der Waals surface area contributed by atoms with Crippen LogP contribution in [0.3, 0.4) is 0 Å². The first-order valence-corrected chi connectivity index (χ1v) is 11.5. The maximum Gasteiger partial charge on any atom is 0.329 e. The first-order valence-electron chi connectivity index (χ1n) is 11.5. The molecule has 0 spiro atoms. The molecule has 0 saturated heterocycles. The van der Waals surface area contributed by atoms with Crippen LogP contribution in [-0.4, -0.2) is 60.9 Å². The predicted molar refractivity (Wildman–Crippen MR) is 126 cm³/mol. The van der Waals surface area contributed by atoms with Crippen molar-refractivity contribution >= 4 is 17.3 Å². The Labute approximate surface area is 203 Å². The first kappa shape index (κ1) is 24.9. The molecule has 1 N–H and O–H groups in total. The van der Waals surface area contributed by atoms with Gasteiger partial charge in [-0.05, 0) is 31.0 Å². The molecule has 4 atom stereocenters. The van der Waals surface area contributed by atoms with Gasteiger partial charge in [-0.15, -0.1) is 0 Å². The summed E-state index contributed by atoms with van der Waals surface area (Å²) >= 11 is 0. The Bertz CT molecular complexity index is 1100. The summed E-state index contributed by atoms with van der Waals surface area (Å²) in [5, 5.41) is 23.4. The predicted octanol–water partition coefficient (Wildman–Crippen LogP) is 3.15. The average Bonchev–Trinajstić information content (AvgIpc) is 3.23. The van der Waals surface area contributed by atoms with Gasteiger partial charge in [0.1, 0.15) is 17.9 Å². The van der Waals surface area contributed by atoms with Gasteiger partial charge in [0, 0.05) is 44.0 Å². The minimum Gasteiger partial charge on any atom is -0.479 e. The number of nitro benzene ring substituents is 1. The van der Waals surface area contributed by atoms with E-state index in [2.05, 4.69) is 0 Å². The molecule has 4 rings (SSSR count). The van der Waals surface area contributed by atoms with Gasteiger partial charge < -0.3 is 29.0 Å². The minimum absolute atomic E-state index is 0.152. The Kier molecular flexibility index (Phi) is 6.98. The van der Waals surface area contributed by atoms with Crippen molar-refractivity contribution in [1.82, 2.24) is 0 Å². The summed E-state index contributed by atoms with van der Waals surface area (Å²) in [6.07, 6.45) is -1.22. The molecule has 0 fully saturated rings. The molecular formula is C25H30N2O8. The van der Waals surface area contributed by atoms with Crippen LogP contribution in [0.1, 0.15) is 37.4 Å². The summed E-state index contributed by atoms with van der Waals surface area (Å²) in [4.78, 5) is 26.1. The van der Waals surface area contributed by atoms with Crippen molar-refractivity contribution in [3.05, 3.63) is 63.7 Å². The second kappa shape index (κ2) is 9.80. The van der Waals surface area contributed by atoms with Gasteiger partial charge in [0.25, 0.3) is 5.69 Å². The summed E-state index contributed by atoms with van der Waals surface area (Å²) in [5.74, 6) is -0.0944. The van der Waals surface area contributed by atoms with Gasteiger partial charge in [0.2, 0.25) is 0 Å². The highest BCUT2D eigenvalue weighted by Gasteiger charge is 2.56. The van der Waals surface area contributed by atoms with E-state index in [1.807, 2.05) is 31.2 Å². The summed E-state index contributed by atoms with van der Waals surface area (Å²) < 4.78 is 22.6. The van der Waals surface area contributed by atoms with Crippen molar-refractivity contribution in [2.24, 2.45) is 0 Å². The number of hydrogen-bond acceptors (Lipinski definition) is 9. The SMILES string of the molecule is CCCOC(=O)[C@H]1Cc2ccccc2N1[C@@H]1c2cc([N+](=O)[O-])ccc2O[C@@](C)(C(OC)OC)[C@H]1O. The smallest absolute Gasteiger partial charge is 0.329 e. The molecule has 188 valence electrons. The Morgan fingerprint density at radius 3 is 2.66 bits per heavy atom. The summed E-state index contributed by atoms with van der Waals surface area (Å²) in [7, 11) is 2.87. The molecule has 2 aliphatic heterocycles. The zero-order chi connectivity index (χ0) is 25.3. The normalized spacial score (nSPS) is 25.1. The van der Waals surface area contributed by atoms with E-state index in [0.717, 1.165) is 11.3 Å². The lowest BCUT2D eigenvalue weighted by Crippen LogP contribution is -2.63. The largest absolute Gasteiger partial charge is 0.479 e. The Morgan fingerprint density at radius 1 is 1.29 bits per heavy atom. The number of nitrogens with zero attached hydrogens (tertiary/aromatic N) is 2. The second-order valence-corrected chi connectivity index (χ2v) is 8.88. The monoisotopic (exact) mass is 486 g/mol. The lowest BCUT2D eigenvalue weighted by Gasteiger charge is -2.50. The molecule has 0 bridgehead atoms. The number of rotatable bonds is 8. The van der Waals surface area contributed by atoms with E-state index in [-0.39, 0.29) is 12.3 Å². The molecule has 2 heterocycles. The first-order chi connectivity index (χ1) is 16.8. The zero-order valence-corrected chi connectivity index (χ0v) is 20.2. The number of aliphatic hydroxyl groups excluding tert-OH is 1. The molecule has 0 unspecified atom stereocenters. The van der Waals surface area contributed by atoms with Crippen molar-refractivity contribution in [1.29, 1.82) is 0 Å². The van der Waals surface area contributed by atoms with Crippen LogP contribution in [0.5, 0.6) is 5.75 Å². The number of benzene rings is 2. The quantitative estimate of drug-likeness (QED) is 0.260. The van der Waals surface area contributed by atoms with E-state index in [1.54, 1.807) is 11.8 Å². The number of carbonyl (C=O) groups excluding carboxylic acids is 1. The Hall–Kier alpha value is -3.21. The van der Waals surface area contributed by atoms with Crippen molar-refractivity contribution in [3.63, 3.8) is 0 Å². The number of aliphatic hydroxyl groups is 1. The molecule has 10 nitrogen and oxygen atoms in total. The molecule has 0 aliphatic carbocycles. The van der Waals surface area contributed by atoms with E-state index in [9.17, 15) is 20.0 Å². The summed E-state index contributed by atoms with van der Waals surface area (Å²) in [5.41, 5.74) is 0.490. The molecule has 0 radical (unpaired) electrons. The van der Waals surface area contributed by atoms with E-state index in [4.69, 9.17) is 18.9 Å². The van der Waals surface area contributed by atoms with Crippen LogP contribution in [-0.2, 0) is 25.4 Å². The third-order valence-corrected chi connectivity index (χ3v) is 6.67. The number of ether oxygens (including phenoxy) is 4. The lowest BCUT2D eigenvalue weighted by molar-refractivity contribution is -0.385. The number of esters is 1. The molecule has 10 heteroatoms. The van der Waals surface area contributed by atoms with E-state index in [1.165, 1.54) is 32.4 Å². The zero-order valence-electron chi connectivity index (χ0n) is 20.2. The van der Waals surface area contributed by atoms with Gasteiger partial charge in [0.05, 0.1) is 17.6 Å². The van der Waals surface area contributed by atoms with Gasteiger partial charge in [0.15, 0.2) is 11.9 Å². The van der Waals surface area contributed by atoms with Crippen molar-refractivity contribution in [3.8, 4) is 5.75 Å². The highest BCUT2D eigenvalue weighted by molar-refractivity contribution is 5.84. The number of non-ortho nitro benzene ring substituents is 1. The molecule has 35 heavy (non-hydrogen) atoms. The molecule has 0 amide bonds. The number of fused-ring (bicyclic) bond motifs is 2. The van der Waals surface area contributed by atoms with Crippen molar-refractivity contribution in [2.45, 2.75) is 56.8 Å². The van der Waals surface area contributed by atoms with Gasteiger partial charge in [-0.2, -0.15) is 0 Å². The van der Waals surface area contributed by atoms with Crippen LogP contribution >= 0.6 is 0 Å². The molecule has 2 aromatic carbocycles. The third-order valence-electron chi connectivity index (χ3n) is 6.67. The fourth-order valence-corrected chi connectivity index (χ4v) is 5.06. The fourth-order valence-electron chi connectivity index (χ4n) is 5.06. The van der Waals surface area contributed by atoms with Crippen LogP contribution in [0.4, 0.5) is 11.4 Å².